The fraction of sp³-hybridized carbons (Fsp3) is 0.765. The van der Waals surface area contributed by atoms with Crippen molar-refractivity contribution in [3.8, 4) is 0 Å². The summed E-state index contributed by atoms with van der Waals surface area (Å²) in [6.45, 7) is 8.76. The van der Waals surface area contributed by atoms with E-state index >= 15 is 0 Å². The monoisotopic (exact) mass is 293 g/mol. The van der Waals surface area contributed by atoms with Crippen LogP contribution in [-0.4, -0.2) is 50.1 Å². The molecule has 1 aromatic rings. The molecule has 4 nitrogen and oxygen atoms in total. The van der Waals surface area contributed by atoms with Crippen molar-refractivity contribution >= 4 is 0 Å². The predicted molar refractivity (Wildman–Crippen MR) is 87.3 cm³/mol. The van der Waals surface area contributed by atoms with E-state index in [0.29, 0.717) is 0 Å². The predicted octanol–water partition coefficient (Wildman–Crippen LogP) is 2.55. The van der Waals surface area contributed by atoms with Crippen LogP contribution in [-0.2, 0) is 13.1 Å². The van der Waals surface area contributed by atoms with Crippen molar-refractivity contribution in [3.63, 3.8) is 0 Å². The van der Waals surface area contributed by atoms with E-state index in [1.807, 2.05) is 6.26 Å². The Labute approximate surface area is 129 Å². The lowest BCUT2D eigenvalue weighted by atomic mass is 9.96. The number of rotatable bonds is 8. The standard InChI is InChI=1S/C17H31N3O/c1-4-7-18-11-16-10-17(21-14-16)13-20-8-5-15(6-9-20)12-19(2)3/h10,14-15,18H,4-9,11-13H2,1-3H3. The molecule has 1 N–H and O–H groups in total. The van der Waals surface area contributed by atoms with Gasteiger partial charge in [-0.05, 0) is 65.0 Å². The van der Waals surface area contributed by atoms with Crippen molar-refractivity contribution in [2.45, 2.75) is 39.3 Å². The molecule has 1 fully saturated rings. The summed E-state index contributed by atoms with van der Waals surface area (Å²) in [4.78, 5) is 4.83. The maximum absolute atomic E-state index is 5.70. The first-order chi connectivity index (χ1) is 10.2. The highest BCUT2D eigenvalue weighted by molar-refractivity contribution is 5.12. The SMILES string of the molecule is CCCNCc1coc(CN2CCC(CN(C)C)CC2)c1. The molecule has 0 radical (unpaired) electrons. The van der Waals surface area contributed by atoms with Crippen molar-refractivity contribution in [2.24, 2.45) is 5.92 Å². The van der Waals surface area contributed by atoms with Gasteiger partial charge in [-0.25, -0.2) is 0 Å². The van der Waals surface area contributed by atoms with Crippen molar-refractivity contribution < 1.29 is 4.42 Å². The minimum atomic E-state index is 0.863. The van der Waals surface area contributed by atoms with Crippen LogP contribution in [0, 0.1) is 5.92 Å². The van der Waals surface area contributed by atoms with Gasteiger partial charge in [0.2, 0.25) is 0 Å². The van der Waals surface area contributed by atoms with Crippen LogP contribution in [0.5, 0.6) is 0 Å². The molecule has 0 amide bonds. The molecule has 1 aliphatic rings. The summed E-state index contributed by atoms with van der Waals surface area (Å²) in [6, 6.07) is 2.20. The number of nitrogens with one attached hydrogen (secondary N) is 1. The number of furan rings is 1. The van der Waals surface area contributed by atoms with Crippen molar-refractivity contribution in [3.05, 3.63) is 23.7 Å². The molecule has 0 spiro atoms. The third-order valence-electron chi connectivity index (χ3n) is 4.17. The first kappa shape index (κ1) is 16.5. The molecule has 0 aliphatic carbocycles. The van der Waals surface area contributed by atoms with Gasteiger partial charge in [-0.15, -0.1) is 0 Å². The number of nitrogens with zero attached hydrogens (tertiary/aromatic N) is 2. The Hall–Kier alpha value is -0.840. The molecular weight excluding hydrogens is 262 g/mol. The van der Waals surface area contributed by atoms with Gasteiger partial charge in [-0.2, -0.15) is 0 Å². The molecule has 0 aromatic carbocycles. The second kappa shape index (κ2) is 8.57. The Morgan fingerprint density at radius 2 is 2.10 bits per heavy atom. The fourth-order valence-electron chi connectivity index (χ4n) is 3.08. The molecule has 2 rings (SSSR count). The zero-order valence-electron chi connectivity index (χ0n) is 13.9. The normalized spacial score (nSPS) is 17.7. The summed E-state index contributed by atoms with van der Waals surface area (Å²) < 4.78 is 5.70. The number of hydrogen-bond donors (Lipinski definition) is 1. The van der Waals surface area contributed by atoms with E-state index in [2.05, 4.69) is 42.2 Å². The van der Waals surface area contributed by atoms with Crippen molar-refractivity contribution in [2.75, 3.05) is 40.3 Å². The van der Waals surface area contributed by atoms with Gasteiger partial charge in [0.1, 0.15) is 5.76 Å². The van der Waals surface area contributed by atoms with Gasteiger partial charge in [0, 0.05) is 18.7 Å². The van der Waals surface area contributed by atoms with Crippen LogP contribution >= 0.6 is 0 Å². The molecule has 0 unspecified atom stereocenters. The van der Waals surface area contributed by atoms with Crippen LogP contribution in [0.15, 0.2) is 16.7 Å². The molecule has 0 atom stereocenters. The fourth-order valence-corrected chi connectivity index (χ4v) is 3.08. The summed E-state index contributed by atoms with van der Waals surface area (Å²) in [5, 5.41) is 3.41. The minimum Gasteiger partial charge on any atom is -0.468 e. The summed E-state index contributed by atoms with van der Waals surface area (Å²) in [5.74, 6) is 1.97. The molecule has 1 aromatic heterocycles. The van der Waals surface area contributed by atoms with Gasteiger partial charge < -0.3 is 14.6 Å². The van der Waals surface area contributed by atoms with Gasteiger partial charge in [0.15, 0.2) is 0 Å². The first-order valence-corrected chi connectivity index (χ1v) is 8.31. The lowest BCUT2D eigenvalue weighted by molar-refractivity contribution is 0.149. The third-order valence-corrected chi connectivity index (χ3v) is 4.17. The number of likely N-dealkylation sites (tertiary alicyclic amines) is 1. The Morgan fingerprint density at radius 1 is 1.33 bits per heavy atom. The quantitative estimate of drug-likeness (QED) is 0.747. The first-order valence-electron chi connectivity index (χ1n) is 8.31. The average molecular weight is 293 g/mol. The van der Waals surface area contributed by atoms with Crippen LogP contribution in [0.25, 0.3) is 0 Å². The van der Waals surface area contributed by atoms with Crippen LogP contribution in [0.3, 0.4) is 0 Å². The average Bonchev–Trinajstić information content (AvgIpc) is 2.88. The van der Waals surface area contributed by atoms with Crippen LogP contribution in [0.2, 0.25) is 0 Å². The Bertz CT molecular complexity index is 394. The second-order valence-electron chi connectivity index (χ2n) is 6.58. The number of piperidine rings is 1. The molecule has 21 heavy (non-hydrogen) atoms. The van der Waals surface area contributed by atoms with E-state index in [1.165, 1.54) is 44.5 Å². The minimum absolute atomic E-state index is 0.863. The molecule has 2 heterocycles. The van der Waals surface area contributed by atoms with Gasteiger partial charge in [-0.3, -0.25) is 4.90 Å². The lowest BCUT2D eigenvalue weighted by Crippen LogP contribution is -2.36. The van der Waals surface area contributed by atoms with Crippen LogP contribution in [0.1, 0.15) is 37.5 Å². The van der Waals surface area contributed by atoms with Crippen LogP contribution in [0.4, 0.5) is 0 Å². The smallest absolute Gasteiger partial charge is 0.118 e. The van der Waals surface area contributed by atoms with Gasteiger partial charge >= 0.3 is 0 Å². The van der Waals surface area contributed by atoms with E-state index < -0.39 is 0 Å². The zero-order valence-corrected chi connectivity index (χ0v) is 13.9. The molecule has 4 heteroatoms. The Morgan fingerprint density at radius 3 is 2.76 bits per heavy atom. The largest absolute Gasteiger partial charge is 0.468 e. The maximum atomic E-state index is 5.70. The van der Waals surface area contributed by atoms with Crippen LogP contribution < -0.4 is 5.32 Å². The van der Waals surface area contributed by atoms with Gasteiger partial charge in [0.25, 0.3) is 0 Å². The van der Waals surface area contributed by atoms with Crippen molar-refractivity contribution in [1.82, 2.24) is 15.1 Å². The summed E-state index contributed by atoms with van der Waals surface area (Å²) >= 11 is 0. The molecular formula is C17H31N3O. The second-order valence-corrected chi connectivity index (χ2v) is 6.58. The molecule has 0 saturated carbocycles. The lowest BCUT2D eigenvalue weighted by Gasteiger charge is -2.32. The number of hydrogen-bond acceptors (Lipinski definition) is 4. The molecule has 0 bridgehead atoms. The van der Waals surface area contributed by atoms with Gasteiger partial charge in [-0.1, -0.05) is 6.92 Å². The van der Waals surface area contributed by atoms with E-state index in [9.17, 15) is 0 Å². The summed E-state index contributed by atoms with van der Waals surface area (Å²) in [6.07, 6.45) is 5.69. The highest BCUT2D eigenvalue weighted by Gasteiger charge is 2.20. The molecule has 1 aliphatic heterocycles. The highest BCUT2D eigenvalue weighted by atomic mass is 16.3. The summed E-state index contributed by atoms with van der Waals surface area (Å²) in [7, 11) is 4.34. The van der Waals surface area contributed by atoms with E-state index in [0.717, 1.165) is 31.3 Å². The van der Waals surface area contributed by atoms with Crippen molar-refractivity contribution in [1.29, 1.82) is 0 Å². The zero-order chi connectivity index (χ0) is 15.1. The van der Waals surface area contributed by atoms with E-state index in [1.54, 1.807) is 0 Å². The highest BCUT2D eigenvalue weighted by Crippen LogP contribution is 2.20. The Kier molecular flexibility index (Phi) is 6.74. The molecule has 1 saturated heterocycles. The third kappa shape index (κ3) is 5.81. The Balaban J connectivity index is 1.71. The summed E-state index contributed by atoms with van der Waals surface area (Å²) in [5.41, 5.74) is 1.26. The van der Waals surface area contributed by atoms with E-state index in [4.69, 9.17) is 4.42 Å². The molecule has 120 valence electrons. The maximum Gasteiger partial charge on any atom is 0.118 e. The topological polar surface area (TPSA) is 31.7 Å². The van der Waals surface area contributed by atoms with Gasteiger partial charge in [0.05, 0.1) is 12.8 Å². The van der Waals surface area contributed by atoms with E-state index in [-0.39, 0.29) is 0 Å².